The van der Waals surface area contributed by atoms with Crippen LogP contribution in [0, 0.1) is 0 Å². The first-order valence-electron chi connectivity index (χ1n) is 9.36. The predicted molar refractivity (Wildman–Crippen MR) is 120 cm³/mol. The number of aliphatic hydroxyl groups excluding tert-OH is 1. The summed E-state index contributed by atoms with van der Waals surface area (Å²) < 4.78 is 0. The van der Waals surface area contributed by atoms with E-state index in [1.54, 1.807) is 7.05 Å². The molecule has 0 radical (unpaired) electrons. The quantitative estimate of drug-likeness (QED) is 0.195. The number of hydrogen-bond acceptors (Lipinski definition) is 6. The highest BCUT2D eigenvalue weighted by Gasteiger charge is 2.20. The van der Waals surface area contributed by atoms with Crippen molar-refractivity contribution >= 4 is 52.1 Å². The lowest BCUT2D eigenvalue weighted by molar-refractivity contribution is -0.115. The smallest absolute Gasteiger partial charge is 0.337 e. The van der Waals surface area contributed by atoms with Gasteiger partial charge in [0.05, 0.1) is 5.69 Å². The van der Waals surface area contributed by atoms with E-state index in [1.807, 2.05) is 19.9 Å². The topological polar surface area (TPSA) is 137 Å². The third kappa shape index (κ3) is 6.45. The highest BCUT2D eigenvalue weighted by molar-refractivity contribution is 6.33. The summed E-state index contributed by atoms with van der Waals surface area (Å²) in [6.07, 6.45) is 1.03. The van der Waals surface area contributed by atoms with Crippen molar-refractivity contribution in [1.29, 1.82) is 0 Å². The number of hydrazine groups is 1. The monoisotopic (exact) mass is 454 g/mol. The van der Waals surface area contributed by atoms with Crippen LogP contribution < -0.4 is 26.9 Å². The van der Waals surface area contributed by atoms with E-state index in [2.05, 4.69) is 31.5 Å². The van der Waals surface area contributed by atoms with Crippen LogP contribution in [0.3, 0.4) is 0 Å². The molecule has 2 aromatic rings. The van der Waals surface area contributed by atoms with Gasteiger partial charge >= 0.3 is 6.03 Å². The molecule has 0 aliphatic rings. The summed E-state index contributed by atoms with van der Waals surface area (Å²) in [5.41, 5.74) is 8.62. The Hall–Kier alpha value is -2.62. The molecule has 0 aromatic carbocycles. The molecule has 7 N–H and O–H groups in total. The molecule has 0 fully saturated rings. The van der Waals surface area contributed by atoms with Gasteiger partial charge in [0.1, 0.15) is 16.1 Å². The number of rotatable bonds is 9. The Morgan fingerprint density at radius 1 is 1.20 bits per heavy atom. The lowest BCUT2D eigenvalue weighted by atomic mass is 9.98. The number of anilines is 3. The number of carbonyl (C=O) groups is 1. The Balaban J connectivity index is 2.20. The van der Waals surface area contributed by atoms with Gasteiger partial charge in [0.2, 0.25) is 5.71 Å². The van der Waals surface area contributed by atoms with Gasteiger partial charge in [-0.25, -0.2) is 14.8 Å². The summed E-state index contributed by atoms with van der Waals surface area (Å²) in [5.74, 6) is 0.593. The molecule has 0 bridgehead atoms. The first kappa shape index (κ1) is 23.7. The molecular weight excluding hydrogens is 429 g/mol. The Morgan fingerprint density at radius 3 is 2.43 bits per heavy atom. The van der Waals surface area contributed by atoms with E-state index >= 15 is 0 Å². The number of carbonyl (C=O) groups excluding carboxylic acids is 1. The number of amides is 2. The number of pyridine rings is 2. The van der Waals surface area contributed by atoms with E-state index in [4.69, 9.17) is 33.7 Å². The number of nitrogens with two attached hydrogens (primary N) is 1. The Bertz CT molecular complexity index is 902. The van der Waals surface area contributed by atoms with Crippen molar-refractivity contribution in [2.24, 2.45) is 0 Å². The van der Waals surface area contributed by atoms with Gasteiger partial charge in [-0.3, -0.25) is 16.3 Å². The van der Waals surface area contributed by atoms with Crippen LogP contribution in [0.25, 0.3) is 0 Å². The standard InChI is InChI=1S/C19H25Cl2N7O2/c1-10(2)12-9-16(26-18(17(12)23-3)13(22)5-4-6-29)27-28-19(30)24-11-7-14(20)25-15(21)8-11/h7-10,22-23,29H,4-6H2,1-3H3,(H,26,27)(H2,24,25,28,30)/p+1. The second-order valence-electron chi connectivity index (χ2n) is 6.78. The highest BCUT2D eigenvalue weighted by Crippen LogP contribution is 2.29. The minimum absolute atomic E-state index is 0.0370. The minimum atomic E-state index is -0.544. The summed E-state index contributed by atoms with van der Waals surface area (Å²) >= 11 is 11.7. The maximum Gasteiger partial charge on any atom is 0.337 e. The normalized spacial score (nSPS) is 10.6. The van der Waals surface area contributed by atoms with Gasteiger partial charge in [-0.15, -0.1) is 0 Å². The zero-order chi connectivity index (χ0) is 22.3. The molecule has 0 aliphatic heterocycles. The second-order valence-corrected chi connectivity index (χ2v) is 7.56. The molecule has 162 valence electrons. The van der Waals surface area contributed by atoms with E-state index < -0.39 is 6.03 Å². The molecule has 30 heavy (non-hydrogen) atoms. The summed E-state index contributed by atoms with van der Waals surface area (Å²) in [4.78, 5) is 20.6. The van der Waals surface area contributed by atoms with E-state index in [-0.39, 0.29) is 22.8 Å². The van der Waals surface area contributed by atoms with Gasteiger partial charge in [-0.1, -0.05) is 37.0 Å². The highest BCUT2D eigenvalue weighted by atomic mass is 35.5. The molecule has 0 saturated heterocycles. The van der Waals surface area contributed by atoms with Gasteiger partial charge in [-0.05, 0) is 36.1 Å². The SMILES string of the molecule is CNc1c(C(C)C)cc(NNC(=O)Nc2cc(Cl)nc(Cl)c2)nc1C(=[NH2+])CCCO. The van der Waals surface area contributed by atoms with Crippen LogP contribution in [0.15, 0.2) is 18.2 Å². The lowest BCUT2D eigenvalue weighted by Crippen LogP contribution is -2.42. The maximum absolute atomic E-state index is 12.2. The number of nitrogens with zero attached hydrogens (tertiary/aromatic N) is 2. The molecule has 2 amide bonds. The molecule has 0 aliphatic carbocycles. The summed E-state index contributed by atoms with van der Waals surface area (Å²) in [5, 5.41) is 21.4. The molecule has 0 spiro atoms. The van der Waals surface area contributed by atoms with Crippen molar-refractivity contribution in [3.8, 4) is 0 Å². The molecule has 0 unspecified atom stereocenters. The predicted octanol–water partition coefficient (Wildman–Crippen LogP) is 2.42. The number of nitrogens with one attached hydrogen (secondary N) is 4. The van der Waals surface area contributed by atoms with Crippen molar-refractivity contribution in [2.45, 2.75) is 32.6 Å². The van der Waals surface area contributed by atoms with Crippen molar-refractivity contribution < 1.29 is 15.3 Å². The van der Waals surface area contributed by atoms with E-state index in [1.165, 1.54) is 12.1 Å². The number of hydrogen-bond donors (Lipinski definition) is 6. The molecule has 2 aromatic heterocycles. The van der Waals surface area contributed by atoms with E-state index in [9.17, 15) is 4.79 Å². The van der Waals surface area contributed by atoms with Gasteiger partial charge in [0, 0.05) is 25.8 Å². The molecule has 0 atom stereocenters. The van der Waals surface area contributed by atoms with Gasteiger partial charge in [0.15, 0.2) is 5.69 Å². The Kier molecular flexibility index (Phi) is 8.64. The summed E-state index contributed by atoms with van der Waals surface area (Å²) in [6.45, 7) is 4.13. The average molecular weight is 455 g/mol. The van der Waals surface area contributed by atoms with Crippen LogP contribution in [0.5, 0.6) is 0 Å². The minimum Gasteiger partial charge on any atom is -0.396 e. The third-order valence-corrected chi connectivity index (χ3v) is 4.54. The Morgan fingerprint density at radius 2 is 1.87 bits per heavy atom. The van der Waals surface area contributed by atoms with Crippen LogP contribution in [-0.2, 0) is 0 Å². The van der Waals surface area contributed by atoms with Crippen LogP contribution >= 0.6 is 23.2 Å². The second kappa shape index (κ2) is 11.0. The van der Waals surface area contributed by atoms with Crippen LogP contribution in [0.4, 0.5) is 22.0 Å². The zero-order valence-corrected chi connectivity index (χ0v) is 18.5. The largest absolute Gasteiger partial charge is 0.396 e. The average Bonchev–Trinajstić information content (AvgIpc) is 2.68. The number of halogens is 2. The van der Waals surface area contributed by atoms with Crippen molar-refractivity contribution in [2.75, 3.05) is 29.7 Å². The van der Waals surface area contributed by atoms with E-state index in [0.29, 0.717) is 35.8 Å². The summed E-state index contributed by atoms with van der Waals surface area (Å²) in [6, 6.07) is 4.23. The van der Waals surface area contributed by atoms with Gasteiger partial charge in [0.25, 0.3) is 0 Å². The van der Waals surface area contributed by atoms with Crippen LogP contribution in [0.1, 0.15) is 43.9 Å². The molecular formula is C19H26Cl2N7O2+. The molecule has 9 nitrogen and oxygen atoms in total. The molecule has 0 saturated carbocycles. The van der Waals surface area contributed by atoms with Crippen LogP contribution in [0.2, 0.25) is 10.3 Å². The van der Waals surface area contributed by atoms with Crippen molar-refractivity contribution in [3.05, 3.63) is 39.8 Å². The fourth-order valence-electron chi connectivity index (χ4n) is 2.79. The van der Waals surface area contributed by atoms with Crippen molar-refractivity contribution in [3.63, 3.8) is 0 Å². The van der Waals surface area contributed by atoms with Crippen LogP contribution in [-0.4, -0.2) is 40.5 Å². The fourth-order valence-corrected chi connectivity index (χ4v) is 3.25. The maximum atomic E-state index is 12.2. The fraction of sp³-hybridized carbons (Fsp3) is 0.368. The first-order chi connectivity index (χ1) is 14.2. The lowest BCUT2D eigenvalue weighted by Gasteiger charge is -2.18. The number of aromatic nitrogens is 2. The van der Waals surface area contributed by atoms with Gasteiger partial charge < -0.3 is 15.7 Å². The first-order valence-corrected chi connectivity index (χ1v) is 10.1. The number of urea groups is 1. The summed E-state index contributed by atoms with van der Waals surface area (Å²) in [7, 11) is 1.80. The molecule has 11 heteroatoms. The molecule has 2 heterocycles. The zero-order valence-electron chi connectivity index (χ0n) is 17.0. The molecule has 2 rings (SSSR count). The van der Waals surface area contributed by atoms with Crippen molar-refractivity contribution in [1.82, 2.24) is 15.4 Å². The van der Waals surface area contributed by atoms with Gasteiger partial charge in [-0.2, -0.15) is 0 Å². The Labute approximate surface area is 185 Å². The number of aliphatic hydroxyl groups is 1. The van der Waals surface area contributed by atoms with E-state index in [0.717, 1.165) is 11.3 Å². The third-order valence-electron chi connectivity index (χ3n) is 4.16.